The van der Waals surface area contributed by atoms with Crippen LogP contribution in [0, 0.1) is 0 Å². The van der Waals surface area contributed by atoms with E-state index in [0.717, 1.165) is 5.56 Å². The molecule has 0 aliphatic carbocycles. The molecule has 1 aliphatic rings. The lowest BCUT2D eigenvalue weighted by Crippen LogP contribution is -2.47. The van der Waals surface area contributed by atoms with Crippen molar-refractivity contribution >= 4 is 11.8 Å². The zero-order chi connectivity index (χ0) is 13.3. The number of nitrogen functional groups attached to an aromatic ring is 1. The second-order valence-corrected chi connectivity index (χ2v) is 5.01. The van der Waals surface area contributed by atoms with E-state index < -0.39 is 11.8 Å². The van der Waals surface area contributed by atoms with Crippen molar-refractivity contribution in [3.8, 4) is 0 Å². The Bertz CT molecular complexity index is 442. The van der Waals surface area contributed by atoms with Crippen LogP contribution in [0.5, 0.6) is 0 Å². The van der Waals surface area contributed by atoms with Gasteiger partial charge >= 0.3 is 6.09 Å². The van der Waals surface area contributed by atoms with Crippen molar-refractivity contribution in [1.29, 1.82) is 0 Å². The molecule has 5 heteroatoms. The van der Waals surface area contributed by atoms with Gasteiger partial charge in [-0.1, -0.05) is 12.1 Å². The lowest BCUT2D eigenvalue weighted by atomic mass is 10.0. The van der Waals surface area contributed by atoms with Gasteiger partial charge in [-0.15, -0.1) is 0 Å². The number of nitrogens with two attached hydrogens (primary N) is 1. The number of hydrogen-bond donors (Lipinski definition) is 2. The van der Waals surface area contributed by atoms with Crippen LogP contribution in [-0.4, -0.2) is 34.5 Å². The fraction of sp³-hybridized carbons (Fsp3) is 0.462. The van der Waals surface area contributed by atoms with E-state index in [4.69, 9.17) is 10.5 Å². The topological polar surface area (TPSA) is 75.8 Å². The number of carbonyl (C=O) groups is 1. The van der Waals surface area contributed by atoms with Gasteiger partial charge in [0.05, 0.1) is 12.6 Å². The highest BCUT2D eigenvalue weighted by Gasteiger charge is 2.43. The molecule has 1 unspecified atom stereocenters. The molecule has 1 atom stereocenters. The molecule has 1 aromatic rings. The van der Waals surface area contributed by atoms with Gasteiger partial charge in [0.15, 0.2) is 0 Å². The minimum absolute atomic E-state index is 0.152. The summed E-state index contributed by atoms with van der Waals surface area (Å²) in [6, 6.07) is 7.32. The van der Waals surface area contributed by atoms with Crippen molar-refractivity contribution in [3.05, 3.63) is 29.8 Å². The lowest BCUT2D eigenvalue weighted by Gasteiger charge is -2.31. The van der Waals surface area contributed by atoms with Crippen LogP contribution >= 0.6 is 0 Å². The molecule has 0 spiro atoms. The van der Waals surface area contributed by atoms with Crippen LogP contribution in [0.15, 0.2) is 24.3 Å². The lowest BCUT2D eigenvalue weighted by molar-refractivity contribution is -0.0419. The van der Waals surface area contributed by atoms with E-state index in [1.807, 2.05) is 24.3 Å². The van der Waals surface area contributed by atoms with Gasteiger partial charge in [0.25, 0.3) is 0 Å². The van der Waals surface area contributed by atoms with E-state index >= 15 is 0 Å². The second kappa shape index (κ2) is 4.49. The van der Waals surface area contributed by atoms with Crippen LogP contribution < -0.4 is 5.73 Å². The van der Waals surface area contributed by atoms with E-state index in [9.17, 15) is 9.90 Å². The van der Waals surface area contributed by atoms with Crippen molar-refractivity contribution in [1.82, 2.24) is 4.90 Å². The Balaban J connectivity index is 2.14. The standard InChI is InChI=1S/C13H18N2O3/c1-13(2)15(12(16)17)11(8-18-13)7-9-3-5-10(14)6-4-9/h3-6,11H,7-8,14H2,1-2H3,(H,16,17). The number of hydrogen-bond acceptors (Lipinski definition) is 3. The molecule has 0 aromatic heterocycles. The van der Waals surface area contributed by atoms with Crippen LogP contribution in [-0.2, 0) is 11.2 Å². The van der Waals surface area contributed by atoms with E-state index in [0.29, 0.717) is 18.7 Å². The number of nitrogens with zero attached hydrogens (tertiary/aromatic N) is 1. The summed E-state index contributed by atoms with van der Waals surface area (Å²) in [7, 11) is 0. The number of rotatable bonds is 2. The first-order chi connectivity index (χ1) is 8.40. The predicted octanol–water partition coefficient (Wildman–Crippen LogP) is 1.93. The minimum atomic E-state index is -0.946. The molecule has 1 aromatic carbocycles. The van der Waals surface area contributed by atoms with Crippen LogP contribution in [0.2, 0.25) is 0 Å². The molecule has 1 heterocycles. The maximum absolute atomic E-state index is 11.3. The van der Waals surface area contributed by atoms with Crippen LogP contribution in [0.25, 0.3) is 0 Å². The third-order valence-corrected chi connectivity index (χ3v) is 3.23. The Morgan fingerprint density at radius 3 is 2.67 bits per heavy atom. The number of amides is 1. The zero-order valence-corrected chi connectivity index (χ0v) is 10.6. The first-order valence-electron chi connectivity index (χ1n) is 5.91. The van der Waals surface area contributed by atoms with Gasteiger partial charge in [-0.3, -0.25) is 4.90 Å². The molecule has 5 nitrogen and oxygen atoms in total. The molecule has 2 rings (SSSR count). The van der Waals surface area contributed by atoms with Gasteiger partial charge in [-0.25, -0.2) is 4.79 Å². The summed E-state index contributed by atoms with van der Waals surface area (Å²) in [4.78, 5) is 12.7. The van der Waals surface area contributed by atoms with Gasteiger partial charge in [0, 0.05) is 5.69 Å². The van der Waals surface area contributed by atoms with Crippen LogP contribution in [0.1, 0.15) is 19.4 Å². The normalized spacial score (nSPS) is 22.1. The molecule has 0 radical (unpaired) electrons. The van der Waals surface area contributed by atoms with Gasteiger partial charge in [0.2, 0.25) is 0 Å². The SMILES string of the molecule is CC1(C)OCC(Cc2ccc(N)cc2)N1C(=O)O. The van der Waals surface area contributed by atoms with E-state index in [-0.39, 0.29) is 6.04 Å². The van der Waals surface area contributed by atoms with Crippen molar-refractivity contribution in [2.75, 3.05) is 12.3 Å². The Morgan fingerprint density at radius 1 is 1.50 bits per heavy atom. The van der Waals surface area contributed by atoms with Crippen molar-refractivity contribution in [2.24, 2.45) is 0 Å². The fourth-order valence-corrected chi connectivity index (χ4v) is 2.35. The smallest absolute Gasteiger partial charge is 0.409 e. The van der Waals surface area contributed by atoms with Crippen molar-refractivity contribution < 1.29 is 14.6 Å². The highest BCUT2D eigenvalue weighted by Crippen LogP contribution is 2.29. The highest BCUT2D eigenvalue weighted by atomic mass is 16.5. The maximum atomic E-state index is 11.3. The van der Waals surface area contributed by atoms with Crippen molar-refractivity contribution in [3.63, 3.8) is 0 Å². The molecule has 1 amide bonds. The van der Waals surface area contributed by atoms with E-state index in [1.165, 1.54) is 4.90 Å². The average Bonchev–Trinajstić information content (AvgIpc) is 2.57. The van der Waals surface area contributed by atoms with Gasteiger partial charge < -0.3 is 15.6 Å². The fourth-order valence-electron chi connectivity index (χ4n) is 2.35. The molecular formula is C13H18N2O3. The monoisotopic (exact) mass is 250 g/mol. The number of carboxylic acid groups (broad SMARTS) is 1. The summed E-state index contributed by atoms with van der Waals surface area (Å²) in [5.41, 5.74) is 6.63. The van der Waals surface area contributed by atoms with Crippen molar-refractivity contribution in [2.45, 2.75) is 32.0 Å². The molecule has 3 N–H and O–H groups in total. The Morgan fingerprint density at radius 2 is 2.11 bits per heavy atom. The summed E-state index contributed by atoms with van der Waals surface area (Å²) < 4.78 is 5.54. The van der Waals surface area contributed by atoms with Crippen LogP contribution in [0.3, 0.4) is 0 Å². The quantitative estimate of drug-likeness (QED) is 0.786. The van der Waals surface area contributed by atoms with E-state index in [1.54, 1.807) is 13.8 Å². The second-order valence-electron chi connectivity index (χ2n) is 5.01. The van der Waals surface area contributed by atoms with Crippen LogP contribution in [0.4, 0.5) is 10.5 Å². The Hall–Kier alpha value is -1.75. The molecule has 1 fully saturated rings. The number of benzene rings is 1. The summed E-state index contributed by atoms with van der Waals surface area (Å²) in [6.07, 6.45) is -0.311. The number of anilines is 1. The average molecular weight is 250 g/mol. The first-order valence-corrected chi connectivity index (χ1v) is 5.91. The molecular weight excluding hydrogens is 232 g/mol. The van der Waals surface area contributed by atoms with Gasteiger partial charge in [0.1, 0.15) is 5.72 Å². The molecule has 0 bridgehead atoms. The largest absolute Gasteiger partial charge is 0.465 e. The Kier molecular flexibility index (Phi) is 3.17. The van der Waals surface area contributed by atoms with Gasteiger partial charge in [-0.05, 0) is 38.0 Å². The van der Waals surface area contributed by atoms with Gasteiger partial charge in [-0.2, -0.15) is 0 Å². The maximum Gasteiger partial charge on any atom is 0.409 e. The minimum Gasteiger partial charge on any atom is -0.465 e. The summed E-state index contributed by atoms with van der Waals surface area (Å²) in [6.45, 7) is 3.96. The molecule has 18 heavy (non-hydrogen) atoms. The molecule has 98 valence electrons. The van der Waals surface area contributed by atoms with E-state index in [2.05, 4.69) is 0 Å². The first kappa shape index (κ1) is 12.7. The third-order valence-electron chi connectivity index (χ3n) is 3.23. The summed E-state index contributed by atoms with van der Waals surface area (Å²) >= 11 is 0. The summed E-state index contributed by atoms with van der Waals surface area (Å²) in [5.74, 6) is 0. The predicted molar refractivity (Wildman–Crippen MR) is 68.2 cm³/mol. The highest BCUT2D eigenvalue weighted by molar-refractivity contribution is 5.66. The molecule has 1 aliphatic heterocycles. The number of ether oxygens (including phenoxy) is 1. The molecule has 1 saturated heterocycles. The summed E-state index contributed by atoms with van der Waals surface area (Å²) in [5, 5.41) is 9.27. The zero-order valence-electron chi connectivity index (χ0n) is 10.6. The Labute approximate surface area is 106 Å². The molecule has 0 saturated carbocycles. The third kappa shape index (κ3) is 2.41.